The summed E-state index contributed by atoms with van der Waals surface area (Å²) in [7, 11) is 1.34. The fourth-order valence-electron chi connectivity index (χ4n) is 5.10. The zero-order valence-corrected chi connectivity index (χ0v) is 16.2. The summed E-state index contributed by atoms with van der Waals surface area (Å²) in [6.45, 7) is 16.7. The van der Waals surface area contributed by atoms with Crippen molar-refractivity contribution >= 4 is 17.7 Å². The Bertz CT molecular complexity index is 951. The average molecular weight is 396 g/mol. The molecule has 1 heterocycles. The van der Waals surface area contributed by atoms with Crippen LogP contribution in [0.25, 0.3) is 9.69 Å². The number of nitrogens with zero attached hydrogens (tertiary/aromatic N) is 2. The Kier molecular flexibility index (Phi) is 4.36. The Morgan fingerprint density at radius 1 is 1.31 bits per heavy atom. The number of hydrogen-bond acceptors (Lipinski definition) is 6. The molecule has 29 heavy (non-hydrogen) atoms. The van der Waals surface area contributed by atoms with E-state index >= 15 is 0 Å². The summed E-state index contributed by atoms with van der Waals surface area (Å²) in [5.74, 6) is -1.70. The summed E-state index contributed by atoms with van der Waals surface area (Å²) in [4.78, 5) is 43.5. The fourth-order valence-corrected chi connectivity index (χ4v) is 5.10. The van der Waals surface area contributed by atoms with Crippen molar-refractivity contribution in [2.45, 2.75) is 50.0 Å². The molecule has 4 rings (SSSR count). The molecular formula is C21H20N2O6. The van der Waals surface area contributed by atoms with Crippen LogP contribution in [-0.2, 0) is 28.6 Å². The molecule has 8 heteroatoms. The number of carbonyl (C=O) groups excluding carboxylic acids is 3. The molecular weight excluding hydrogens is 376 g/mol. The van der Waals surface area contributed by atoms with Crippen LogP contribution in [0.5, 0.6) is 0 Å². The number of carbonyl (C=O) groups is 3. The van der Waals surface area contributed by atoms with E-state index in [0.717, 1.165) is 0 Å². The SMILES string of the molecule is [C-]#[N+]C1([N+]#[C-])CC2=C(COC(C)=O)C(=O)CC23OC3[C@@H]2C[C@@H](C(=O)OC)CC=C21. The Labute approximate surface area is 168 Å². The van der Waals surface area contributed by atoms with Gasteiger partial charge in [0.1, 0.15) is 24.2 Å². The molecule has 2 unspecified atom stereocenters. The van der Waals surface area contributed by atoms with Gasteiger partial charge in [0, 0.05) is 24.8 Å². The molecule has 1 aliphatic heterocycles. The molecule has 0 N–H and O–H groups in total. The molecule has 150 valence electrons. The molecule has 4 aliphatic rings. The molecule has 1 saturated heterocycles. The molecule has 8 nitrogen and oxygen atoms in total. The van der Waals surface area contributed by atoms with Gasteiger partial charge in [-0.25, -0.2) is 22.8 Å². The predicted octanol–water partition coefficient (Wildman–Crippen LogP) is 2.02. The van der Waals surface area contributed by atoms with E-state index in [1.807, 2.05) is 6.08 Å². The normalized spacial score (nSPS) is 33.7. The second-order valence-corrected chi connectivity index (χ2v) is 7.94. The largest absolute Gasteiger partial charge is 0.510 e. The lowest BCUT2D eigenvalue weighted by atomic mass is 9.74. The maximum Gasteiger partial charge on any atom is 0.510 e. The summed E-state index contributed by atoms with van der Waals surface area (Å²) in [5, 5.41) is 0. The zero-order valence-electron chi connectivity index (χ0n) is 16.2. The Hall–Kier alpha value is -2.97. The van der Waals surface area contributed by atoms with Crippen LogP contribution < -0.4 is 0 Å². The third kappa shape index (κ3) is 2.71. The minimum atomic E-state index is -1.48. The number of esters is 2. The van der Waals surface area contributed by atoms with E-state index in [-0.39, 0.29) is 49.1 Å². The van der Waals surface area contributed by atoms with Crippen LogP contribution in [0.3, 0.4) is 0 Å². The van der Waals surface area contributed by atoms with Crippen LogP contribution in [0, 0.1) is 25.0 Å². The highest BCUT2D eigenvalue weighted by Crippen LogP contribution is 2.64. The quantitative estimate of drug-likeness (QED) is 0.314. The van der Waals surface area contributed by atoms with Crippen molar-refractivity contribution in [1.29, 1.82) is 0 Å². The van der Waals surface area contributed by atoms with Crippen LogP contribution in [0.4, 0.5) is 0 Å². The molecule has 0 radical (unpaired) electrons. The van der Waals surface area contributed by atoms with Crippen molar-refractivity contribution in [2.75, 3.05) is 13.7 Å². The summed E-state index contributed by atoms with van der Waals surface area (Å²) < 4.78 is 16.0. The van der Waals surface area contributed by atoms with Crippen molar-refractivity contribution in [3.05, 3.63) is 45.6 Å². The molecule has 1 saturated carbocycles. The third-order valence-corrected chi connectivity index (χ3v) is 6.51. The first-order valence-corrected chi connectivity index (χ1v) is 9.44. The van der Waals surface area contributed by atoms with Crippen LogP contribution in [0.15, 0.2) is 22.8 Å². The summed E-state index contributed by atoms with van der Waals surface area (Å²) >= 11 is 0. The number of ether oxygens (including phenoxy) is 3. The summed E-state index contributed by atoms with van der Waals surface area (Å²) in [6, 6.07) is 0. The van der Waals surface area contributed by atoms with E-state index in [2.05, 4.69) is 9.69 Å². The van der Waals surface area contributed by atoms with E-state index in [1.165, 1.54) is 14.0 Å². The summed E-state index contributed by atoms with van der Waals surface area (Å²) in [5.41, 5.74) is -0.720. The smallest absolute Gasteiger partial charge is 0.469 e. The van der Waals surface area contributed by atoms with E-state index < -0.39 is 17.2 Å². The lowest BCUT2D eigenvalue weighted by molar-refractivity contribution is -0.146. The first kappa shape index (κ1) is 19.4. The van der Waals surface area contributed by atoms with Crippen LogP contribution in [0.2, 0.25) is 0 Å². The molecule has 4 atom stereocenters. The molecule has 0 amide bonds. The maximum atomic E-state index is 12.7. The van der Waals surface area contributed by atoms with Crippen molar-refractivity contribution in [1.82, 2.24) is 0 Å². The predicted molar refractivity (Wildman–Crippen MR) is 97.8 cm³/mol. The number of rotatable bonds is 3. The molecule has 0 aromatic carbocycles. The standard InChI is InChI=1S/C21H20N2O6/c1-11(24)28-10-14-16-8-21(22-2,23-3)15-6-5-12(19(26)27-4)7-13(15)18-20(16,29-18)9-17(14)25/h6,12-13,18H,5,7-10H2,1,4H3/t12-,13+,18?,20?/m0/s1. The van der Waals surface area contributed by atoms with Gasteiger partial charge in [0.05, 0.1) is 19.1 Å². The van der Waals surface area contributed by atoms with Gasteiger partial charge in [-0.1, -0.05) is 6.08 Å². The third-order valence-electron chi connectivity index (χ3n) is 6.51. The van der Waals surface area contributed by atoms with Crippen LogP contribution in [0.1, 0.15) is 32.6 Å². The highest BCUT2D eigenvalue weighted by molar-refractivity contribution is 6.02. The average Bonchev–Trinajstić information content (AvgIpc) is 3.38. The highest BCUT2D eigenvalue weighted by Gasteiger charge is 2.75. The lowest BCUT2D eigenvalue weighted by Gasteiger charge is -2.27. The van der Waals surface area contributed by atoms with E-state index in [0.29, 0.717) is 29.6 Å². The number of allylic oxidation sites excluding steroid dienone is 1. The number of ketones is 1. The summed E-state index contributed by atoms with van der Waals surface area (Å²) in [6.07, 6.45) is 2.42. The molecule has 0 aromatic rings. The first-order valence-electron chi connectivity index (χ1n) is 9.44. The van der Waals surface area contributed by atoms with Gasteiger partial charge in [-0.15, -0.1) is 0 Å². The van der Waals surface area contributed by atoms with Gasteiger partial charge in [0.2, 0.25) is 0 Å². The van der Waals surface area contributed by atoms with Crippen molar-refractivity contribution in [3.8, 4) is 0 Å². The molecule has 2 fully saturated rings. The number of hydrogen-bond donors (Lipinski definition) is 0. The van der Waals surface area contributed by atoms with Gasteiger partial charge in [0.15, 0.2) is 5.78 Å². The van der Waals surface area contributed by atoms with Crippen molar-refractivity contribution in [3.63, 3.8) is 0 Å². The molecule has 1 spiro atoms. The second kappa shape index (κ2) is 6.53. The molecule has 3 aliphatic carbocycles. The van der Waals surface area contributed by atoms with E-state index in [4.69, 9.17) is 27.4 Å². The topological polar surface area (TPSA) is 90.9 Å². The number of Topliss-reactive ketones (excluding diaryl/α,β-unsaturated/α-hetero) is 1. The zero-order chi connectivity index (χ0) is 21.0. The van der Waals surface area contributed by atoms with Gasteiger partial charge < -0.3 is 14.2 Å². The van der Waals surface area contributed by atoms with E-state index in [9.17, 15) is 14.4 Å². The van der Waals surface area contributed by atoms with Gasteiger partial charge in [-0.2, -0.15) is 0 Å². The second-order valence-electron chi connectivity index (χ2n) is 7.94. The monoisotopic (exact) mass is 396 g/mol. The molecule has 0 bridgehead atoms. The van der Waals surface area contributed by atoms with Gasteiger partial charge in [0.25, 0.3) is 0 Å². The Morgan fingerprint density at radius 2 is 2.03 bits per heavy atom. The first-order chi connectivity index (χ1) is 13.8. The van der Waals surface area contributed by atoms with Crippen LogP contribution >= 0.6 is 0 Å². The fraction of sp³-hybridized carbons (Fsp3) is 0.571. The number of fused-ring (bicyclic) bond motifs is 2. The Balaban J connectivity index is 1.80. The van der Waals surface area contributed by atoms with Crippen molar-refractivity contribution in [2.24, 2.45) is 11.8 Å². The maximum absolute atomic E-state index is 12.7. The highest BCUT2D eigenvalue weighted by atomic mass is 16.6. The Morgan fingerprint density at radius 3 is 2.66 bits per heavy atom. The minimum Gasteiger partial charge on any atom is -0.469 e. The lowest BCUT2D eigenvalue weighted by Crippen LogP contribution is -2.35. The minimum absolute atomic E-state index is 0.0457. The van der Waals surface area contributed by atoms with Gasteiger partial charge in [-0.3, -0.25) is 14.4 Å². The number of methoxy groups -OCH3 is 1. The molecule has 0 aromatic heterocycles. The van der Waals surface area contributed by atoms with Gasteiger partial charge >= 0.3 is 17.6 Å². The van der Waals surface area contributed by atoms with Crippen molar-refractivity contribution < 1.29 is 28.6 Å². The van der Waals surface area contributed by atoms with Crippen LogP contribution in [-0.4, -0.2) is 48.8 Å². The van der Waals surface area contributed by atoms with E-state index in [1.54, 1.807) is 0 Å². The number of epoxide rings is 1. The van der Waals surface area contributed by atoms with Gasteiger partial charge in [-0.05, 0) is 18.4 Å².